The van der Waals surface area contributed by atoms with E-state index in [9.17, 15) is 17.6 Å². The van der Waals surface area contributed by atoms with Crippen LogP contribution >= 0.6 is 0 Å². The summed E-state index contributed by atoms with van der Waals surface area (Å²) in [6.07, 6.45) is 1.21. The number of rotatable bonds is 5. The third-order valence-corrected chi connectivity index (χ3v) is 7.04. The highest BCUT2D eigenvalue weighted by Gasteiger charge is 2.32. The summed E-state index contributed by atoms with van der Waals surface area (Å²) < 4.78 is 51.0. The Labute approximate surface area is 174 Å². The van der Waals surface area contributed by atoms with Gasteiger partial charge in [-0.15, -0.1) is 0 Å². The monoisotopic (exact) mass is 434 g/mol. The van der Waals surface area contributed by atoms with Crippen LogP contribution in [0, 0.1) is 11.7 Å². The van der Waals surface area contributed by atoms with E-state index in [1.165, 1.54) is 28.6 Å². The summed E-state index contributed by atoms with van der Waals surface area (Å²) in [5.74, 6) is -0.0986. The van der Waals surface area contributed by atoms with E-state index < -0.39 is 21.8 Å². The molecule has 0 aromatic heterocycles. The first kappa shape index (κ1) is 20.6. The highest BCUT2D eigenvalue weighted by molar-refractivity contribution is 7.88. The largest absolute Gasteiger partial charge is 0.486 e. The second-order valence-corrected chi connectivity index (χ2v) is 9.40. The number of amides is 1. The minimum Gasteiger partial charge on any atom is -0.486 e. The fourth-order valence-corrected chi connectivity index (χ4v) is 5.27. The molecular weight excluding hydrogens is 411 g/mol. The lowest BCUT2D eigenvalue weighted by atomic mass is 9.98. The highest BCUT2D eigenvalue weighted by atomic mass is 32.2. The van der Waals surface area contributed by atoms with Crippen molar-refractivity contribution in [2.75, 3.05) is 31.6 Å². The van der Waals surface area contributed by atoms with Crippen LogP contribution in [0.2, 0.25) is 0 Å². The number of sulfonamides is 1. The minimum atomic E-state index is -3.61. The molecule has 30 heavy (non-hydrogen) atoms. The van der Waals surface area contributed by atoms with Crippen LogP contribution in [0.4, 0.5) is 10.1 Å². The molecule has 1 fully saturated rings. The molecule has 2 heterocycles. The Bertz CT molecular complexity index is 1030. The van der Waals surface area contributed by atoms with Crippen LogP contribution in [0.1, 0.15) is 18.4 Å². The van der Waals surface area contributed by atoms with Crippen molar-refractivity contribution in [1.82, 2.24) is 4.31 Å². The van der Waals surface area contributed by atoms with Gasteiger partial charge in [-0.1, -0.05) is 12.1 Å². The average molecular weight is 434 g/mol. The Morgan fingerprint density at radius 2 is 1.83 bits per heavy atom. The van der Waals surface area contributed by atoms with Crippen LogP contribution in [0.15, 0.2) is 42.5 Å². The molecule has 0 radical (unpaired) electrons. The first-order valence-corrected chi connectivity index (χ1v) is 11.4. The zero-order valence-electron chi connectivity index (χ0n) is 16.3. The average Bonchev–Trinajstić information content (AvgIpc) is 2.75. The molecule has 2 aliphatic rings. The smallest absolute Gasteiger partial charge is 0.228 e. The normalized spacial score (nSPS) is 19.3. The van der Waals surface area contributed by atoms with Crippen LogP contribution in [0.25, 0.3) is 0 Å². The van der Waals surface area contributed by atoms with Crippen molar-refractivity contribution in [1.29, 1.82) is 0 Å². The lowest BCUT2D eigenvalue weighted by Gasteiger charge is -2.31. The maximum atomic E-state index is 13.1. The lowest BCUT2D eigenvalue weighted by molar-refractivity contribution is -0.120. The molecular formula is C21H23FN2O5S. The summed E-state index contributed by atoms with van der Waals surface area (Å²) in [5, 5.41) is 2.85. The number of halogens is 1. The van der Waals surface area contributed by atoms with Crippen LogP contribution in [-0.4, -0.2) is 44.9 Å². The second-order valence-electron chi connectivity index (χ2n) is 7.43. The fraction of sp³-hybridized carbons (Fsp3) is 0.381. The van der Waals surface area contributed by atoms with Gasteiger partial charge in [-0.25, -0.2) is 17.1 Å². The summed E-state index contributed by atoms with van der Waals surface area (Å²) in [6.45, 7) is 1.44. The van der Waals surface area contributed by atoms with Crippen molar-refractivity contribution in [3.63, 3.8) is 0 Å². The van der Waals surface area contributed by atoms with E-state index in [1.54, 1.807) is 18.2 Å². The van der Waals surface area contributed by atoms with Crippen LogP contribution < -0.4 is 14.8 Å². The fourth-order valence-electron chi connectivity index (χ4n) is 3.66. The zero-order valence-corrected chi connectivity index (χ0v) is 17.2. The predicted molar refractivity (Wildman–Crippen MR) is 109 cm³/mol. The Morgan fingerprint density at radius 1 is 1.10 bits per heavy atom. The van der Waals surface area contributed by atoms with E-state index in [4.69, 9.17) is 9.47 Å². The van der Waals surface area contributed by atoms with Crippen molar-refractivity contribution < 1.29 is 27.1 Å². The quantitative estimate of drug-likeness (QED) is 0.782. The van der Waals surface area contributed by atoms with E-state index in [1.807, 2.05) is 0 Å². The van der Waals surface area contributed by atoms with Gasteiger partial charge in [-0.2, -0.15) is 0 Å². The standard InChI is InChI=1S/C21H23FN2O5S/c22-17-5-3-15(4-6-17)14-30(26,27)24-9-1-2-16(13-24)21(25)23-18-7-8-19-20(12-18)29-11-10-28-19/h3-8,12,16H,1-2,9-11,13-14H2,(H,23,25)/t16-/m0/s1. The number of fused-ring (bicyclic) bond motifs is 1. The molecule has 4 rings (SSSR count). The van der Waals surface area contributed by atoms with Crippen molar-refractivity contribution in [3.8, 4) is 11.5 Å². The molecule has 1 atom stereocenters. The Kier molecular flexibility index (Phi) is 5.92. The van der Waals surface area contributed by atoms with Crippen LogP contribution in [0.3, 0.4) is 0 Å². The Hall–Kier alpha value is -2.65. The van der Waals surface area contributed by atoms with E-state index in [0.717, 1.165) is 0 Å². The third-order valence-electron chi connectivity index (χ3n) is 5.22. The lowest BCUT2D eigenvalue weighted by Crippen LogP contribution is -2.44. The number of ether oxygens (including phenoxy) is 2. The maximum Gasteiger partial charge on any atom is 0.228 e. The third kappa shape index (κ3) is 4.73. The Morgan fingerprint density at radius 3 is 2.60 bits per heavy atom. The van der Waals surface area contributed by atoms with Gasteiger partial charge in [0.15, 0.2) is 11.5 Å². The summed E-state index contributed by atoms with van der Waals surface area (Å²) in [5.41, 5.74) is 1.09. The number of hydrogen-bond donors (Lipinski definition) is 1. The summed E-state index contributed by atoms with van der Waals surface area (Å²) >= 11 is 0. The van der Waals surface area contributed by atoms with Gasteiger partial charge in [0.1, 0.15) is 19.0 Å². The van der Waals surface area contributed by atoms with E-state index in [-0.39, 0.29) is 18.2 Å². The molecule has 7 nitrogen and oxygen atoms in total. The molecule has 0 bridgehead atoms. The highest BCUT2D eigenvalue weighted by Crippen LogP contribution is 2.33. The van der Waals surface area contributed by atoms with Gasteiger partial charge in [-0.3, -0.25) is 4.79 Å². The molecule has 0 spiro atoms. The first-order valence-electron chi connectivity index (χ1n) is 9.83. The SMILES string of the molecule is O=C(Nc1ccc2c(c1)OCCO2)[C@H]1CCCN(S(=O)(=O)Cc2ccc(F)cc2)C1. The van der Waals surface area contributed by atoms with Crippen molar-refractivity contribution in [3.05, 3.63) is 53.8 Å². The second kappa shape index (κ2) is 8.61. The molecule has 1 saturated heterocycles. The molecule has 2 aromatic carbocycles. The van der Waals surface area contributed by atoms with Crippen molar-refractivity contribution in [2.24, 2.45) is 5.92 Å². The molecule has 9 heteroatoms. The maximum absolute atomic E-state index is 13.1. The molecule has 0 unspecified atom stereocenters. The minimum absolute atomic E-state index is 0.125. The Balaban J connectivity index is 1.40. The van der Waals surface area contributed by atoms with Crippen molar-refractivity contribution >= 4 is 21.6 Å². The van der Waals surface area contributed by atoms with Gasteiger partial charge in [0.05, 0.1) is 11.7 Å². The molecule has 0 aliphatic carbocycles. The van der Waals surface area contributed by atoms with Gasteiger partial charge >= 0.3 is 0 Å². The number of anilines is 1. The van der Waals surface area contributed by atoms with Gasteiger partial charge in [0.25, 0.3) is 0 Å². The van der Waals surface area contributed by atoms with Gasteiger partial charge in [0.2, 0.25) is 15.9 Å². The number of hydrogen-bond acceptors (Lipinski definition) is 5. The molecule has 2 aromatic rings. The molecule has 1 amide bonds. The number of benzene rings is 2. The van der Waals surface area contributed by atoms with Crippen LogP contribution in [-0.2, 0) is 20.6 Å². The topological polar surface area (TPSA) is 84.9 Å². The number of carbonyl (C=O) groups is 1. The number of carbonyl (C=O) groups excluding carboxylic acids is 1. The van der Waals surface area contributed by atoms with E-state index in [0.29, 0.717) is 55.4 Å². The molecule has 160 valence electrons. The summed E-state index contributed by atoms with van der Waals surface area (Å²) in [4.78, 5) is 12.8. The first-order chi connectivity index (χ1) is 14.4. The molecule has 1 N–H and O–H groups in total. The summed E-state index contributed by atoms with van der Waals surface area (Å²) in [6, 6.07) is 10.6. The van der Waals surface area contributed by atoms with E-state index in [2.05, 4.69) is 5.32 Å². The number of nitrogens with one attached hydrogen (secondary N) is 1. The van der Waals surface area contributed by atoms with Crippen LogP contribution in [0.5, 0.6) is 11.5 Å². The van der Waals surface area contributed by atoms with Gasteiger partial charge in [0, 0.05) is 24.8 Å². The molecule has 0 saturated carbocycles. The van der Waals surface area contributed by atoms with Crippen molar-refractivity contribution in [2.45, 2.75) is 18.6 Å². The number of nitrogens with zero attached hydrogens (tertiary/aromatic N) is 1. The zero-order chi connectivity index (χ0) is 21.1. The van der Waals surface area contributed by atoms with Gasteiger partial charge in [-0.05, 0) is 42.7 Å². The molecule has 2 aliphatic heterocycles. The van der Waals surface area contributed by atoms with Gasteiger partial charge < -0.3 is 14.8 Å². The predicted octanol–water partition coefficient (Wildman–Crippen LogP) is 2.78. The number of piperidine rings is 1. The summed E-state index contributed by atoms with van der Waals surface area (Å²) in [7, 11) is -3.61. The van der Waals surface area contributed by atoms with E-state index >= 15 is 0 Å².